The molecular formula is C7H11N3O. The highest BCUT2D eigenvalue weighted by Gasteiger charge is 2.30. The smallest absolute Gasteiger partial charge is 0.248 e. The second-order valence-electron chi connectivity index (χ2n) is 2.92. The van der Waals surface area contributed by atoms with E-state index in [1.807, 2.05) is 0 Å². The first-order valence-electron chi connectivity index (χ1n) is 3.95. The van der Waals surface area contributed by atoms with Crippen molar-refractivity contribution in [2.45, 2.75) is 12.8 Å². The first kappa shape index (κ1) is 6.79. The van der Waals surface area contributed by atoms with Crippen LogP contribution in [0.3, 0.4) is 0 Å². The molecular weight excluding hydrogens is 142 g/mol. The lowest BCUT2D eigenvalue weighted by atomic mass is 9.99. The van der Waals surface area contributed by atoms with E-state index in [4.69, 9.17) is 0 Å². The van der Waals surface area contributed by atoms with Crippen molar-refractivity contribution in [3.8, 4) is 0 Å². The topological polar surface area (TPSA) is 53.5 Å². The van der Waals surface area contributed by atoms with Gasteiger partial charge in [0.1, 0.15) is 0 Å². The van der Waals surface area contributed by atoms with E-state index in [0.717, 1.165) is 31.6 Å². The number of nitrogens with zero attached hydrogens (tertiary/aromatic N) is 1. The van der Waals surface area contributed by atoms with Crippen molar-refractivity contribution in [2.24, 2.45) is 11.0 Å². The van der Waals surface area contributed by atoms with E-state index in [1.54, 1.807) is 0 Å². The fourth-order valence-electron chi connectivity index (χ4n) is 1.55. The molecule has 2 aliphatic rings. The molecule has 1 fully saturated rings. The summed E-state index contributed by atoms with van der Waals surface area (Å²) in [5, 5.41) is 7.21. The first-order chi connectivity index (χ1) is 5.38. The highest BCUT2D eigenvalue weighted by Crippen LogP contribution is 2.15. The fraction of sp³-hybridized carbons (Fsp3) is 0.714. The average Bonchev–Trinajstić information content (AvgIpc) is 2.25. The quantitative estimate of drug-likeness (QED) is 0.491. The van der Waals surface area contributed by atoms with Gasteiger partial charge in [0, 0.05) is 13.0 Å². The number of carbonyl (C=O) groups is 1. The van der Waals surface area contributed by atoms with E-state index in [-0.39, 0.29) is 11.8 Å². The maximum absolute atomic E-state index is 11.1. The highest BCUT2D eigenvalue weighted by atomic mass is 16.2. The monoisotopic (exact) mass is 153 g/mol. The molecule has 2 heterocycles. The van der Waals surface area contributed by atoms with Crippen molar-refractivity contribution in [1.82, 2.24) is 10.7 Å². The SMILES string of the molecule is O=C1NN=C2CCNCC[C@H]12. The largest absolute Gasteiger partial charge is 0.316 e. The molecule has 0 aromatic rings. The molecule has 11 heavy (non-hydrogen) atoms. The van der Waals surface area contributed by atoms with Gasteiger partial charge in [-0.05, 0) is 13.0 Å². The van der Waals surface area contributed by atoms with Gasteiger partial charge in [0.25, 0.3) is 0 Å². The predicted octanol–water partition coefficient (Wildman–Crippen LogP) is -0.528. The average molecular weight is 153 g/mol. The molecule has 2 N–H and O–H groups in total. The molecule has 2 rings (SSSR count). The van der Waals surface area contributed by atoms with E-state index < -0.39 is 0 Å². The number of rotatable bonds is 0. The van der Waals surface area contributed by atoms with Crippen LogP contribution in [0.1, 0.15) is 12.8 Å². The number of carbonyl (C=O) groups excluding carboxylic acids is 1. The minimum absolute atomic E-state index is 0.0602. The van der Waals surface area contributed by atoms with Crippen LogP contribution in [0.2, 0.25) is 0 Å². The Hall–Kier alpha value is -0.900. The minimum atomic E-state index is 0.0602. The third kappa shape index (κ3) is 1.14. The Bertz CT molecular complexity index is 212. The Morgan fingerprint density at radius 3 is 3.27 bits per heavy atom. The van der Waals surface area contributed by atoms with Gasteiger partial charge in [0.15, 0.2) is 0 Å². The summed E-state index contributed by atoms with van der Waals surface area (Å²) in [6.07, 6.45) is 1.80. The van der Waals surface area contributed by atoms with Gasteiger partial charge in [-0.3, -0.25) is 4.79 Å². The van der Waals surface area contributed by atoms with Crippen LogP contribution in [-0.4, -0.2) is 24.7 Å². The number of amides is 1. The normalized spacial score (nSPS) is 30.4. The number of nitrogens with one attached hydrogen (secondary N) is 2. The van der Waals surface area contributed by atoms with Gasteiger partial charge < -0.3 is 5.32 Å². The van der Waals surface area contributed by atoms with Crippen LogP contribution in [0.5, 0.6) is 0 Å². The molecule has 1 amide bonds. The molecule has 0 aliphatic carbocycles. The van der Waals surface area contributed by atoms with E-state index in [1.165, 1.54) is 0 Å². The summed E-state index contributed by atoms with van der Waals surface area (Å²) in [5.41, 5.74) is 3.54. The molecule has 0 unspecified atom stereocenters. The van der Waals surface area contributed by atoms with E-state index >= 15 is 0 Å². The van der Waals surface area contributed by atoms with E-state index in [0.29, 0.717) is 0 Å². The van der Waals surface area contributed by atoms with Crippen LogP contribution in [0.15, 0.2) is 5.10 Å². The standard InChI is InChI=1S/C7H11N3O/c11-7-5-1-3-8-4-2-6(5)9-10-7/h5,8H,1-4H2,(H,10,11)/t5-/m0/s1. The molecule has 2 aliphatic heterocycles. The van der Waals surface area contributed by atoms with Crippen LogP contribution in [0, 0.1) is 5.92 Å². The molecule has 0 saturated carbocycles. The summed E-state index contributed by atoms with van der Waals surface area (Å²) < 4.78 is 0. The van der Waals surface area contributed by atoms with Gasteiger partial charge in [0.05, 0.1) is 11.6 Å². The fourth-order valence-corrected chi connectivity index (χ4v) is 1.55. The Morgan fingerprint density at radius 2 is 2.36 bits per heavy atom. The molecule has 0 spiro atoms. The van der Waals surface area contributed by atoms with Gasteiger partial charge >= 0.3 is 0 Å². The van der Waals surface area contributed by atoms with Gasteiger partial charge in [-0.15, -0.1) is 0 Å². The molecule has 1 atom stereocenters. The van der Waals surface area contributed by atoms with Gasteiger partial charge in [-0.1, -0.05) is 0 Å². The van der Waals surface area contributed by atoms with Crippen LogP contribution < -0.4 is 10.7 Å². The van der Waals surface area contributed by atoms with Crippen LogP contribution in [0.4, 0.5) is 0 Å². The van der Waals surface area contributed by atoms with Gasteiger partial charge in [0.2, 0.25) is 5.91 Å². The second-order valence-corrected chi connectivity index (χ2v) is 2.92. The molecule has 0 radical (unpaired) electrons. The lowest BCUT2D eigenvalue weighted by molar-refractivity contribution is -0.122. The zero-order chi connectivity index (χ0) is 7.68. The summed E-state index contributed by atoms with van der Waals surface area (Å²) in [7, 11) is 0. The Kier molecular flexibility index (Phi) is 1.62. The third-order valence-electron chi connectivity index (χ3n) is 2.20. The van der Waals surface area contributed by atoms with Crippen molar-refractivity contribution in [2.75, 3.05) is 13.1 Å². The molecule has 0 aromatic heterocycles. The first-order valence-corrected chi connectivity index (χ1v) is 3.95. The second kappa shape index (κ2) is 2.62. The lowest BCUT2D eigenvalue weighted by Crippen LogP contribution is -2.23. The Balaban J connectivity index is 2.15. The van der Waals surface area contributed by atoms with Gasteiger partial charge in [-0.25, -0.2) is 5.43 Å². The molecule has 0 aromatic carbocycles. The van der Waals surface area contributed by atoms with Crippen LogP contribution >= 0.6 is 0 Å². The van der Waals surface area contributed by atoms with E-state index in [2.05, 4.69) is 15.8 Å². The molecule has 60 valence electrons. The molecule has 1 saturated heterocycles. The summed E-state index contributed by atoms with van der Waals surface area (Å²) in [5.74, 6) is 0.133. The Morgan fingerprint density at radius 1 is 1.45 bits per heavy atom. The summed E-state index contributed by atoms with van der Waals surface area (Å²) in [6, 6.07) is 0. The predicted molar refractivity (Wildman–Crippen MR) is 41.2 cm³/mol. The highest BCUT2D eigenvalue weighted by molar-refractivity contribution is 6.08. The van der Waals surface area contributed by atoms with Crippen molar-refractivity contribution in [3.63, 3.8) is 0 Å². The maximum atomic E-state index is 11.1. The van der Waals surface area contributed by atoms with Crippen molar-refractivity contribution < 1.29 is 4.79 Å². The summed E-state index contributed by atoms with van der Waals surface area (Å²) in [4.78, 5) is 11.1. The number of hydrogen-bond acceptors (Lipinski definition) is 3. The lowest BCUT2D eigenvalue weighted by Gasteiger charge is -2.02. The van der Waals surface area contributed by atoms with Crippen molar-refractivity contribution >= 4 is 11.6 Å². The van der Waals surface area contributed by atoms with Crippen molar-refractivity contribution in [3.05, 3.63) is 0 Å². The molecule has 4 nitrogen and oxygen atoms in total. The zero-order valence-electron chi connectivity index (χ0n) is 6.26. The number of fused-ring (bicyclic) bond motifs is 1. The summed E-state index contributed by atoms with van der Waals surface area (Å²) >= 11 is 0. The van der Waals surface area contributed by atoms with Crippen molar-refractivity contribution in [1.29, 1.82) is 0 Å². The third-order valence-corrected chi connectivity index (χ3v) is 2.20. The zero-order valence-corrected chi connectivity index (χ0v) is 6.26. The molecule has 4 heteroatoms. The maximum Gasteiger partial charge on any atom is 0.248 e. The summed E-state index contributed by atoms with van der Waals surface area (Å²) in [6.45, 7) is 1.88. The van der Waals surface area contributed by atoms with E-state index in [9.17, 15) is 4.79 Å². The molecule has 0 bridgehead atoms. The number of hydrazone groups is 1. The Labute approximate surface area is 65.0 Å². The van der Waals surface area contributed by atoms with Crippen LogP contribution in [0.25, 0.3) is 0 Å². The number of hydrogen-bond donors (Lipinski definition) is 2. The van der Waals surface area contributed by atoms with Gasteiger partial charge in [-0.2, -0.15) is 5.10 Å². The van der Waals surface area contributed by atoms with Crippen LogP contribution in [-0.2, 0) is 4.79 Å². The minimum Gasteiger partial charge on any atom is -0.316 e.